The number of benzene rings is 2. The molecule has 0 aliphatic rings. The van der Waals surface area contributed by atoms with Crippen LogP contribution in [0.2, 0.25) is 5.28 Å². The van der Waals surface area contributed by atoms with Crippen molar-refractivity contribution in [3.05, 3.63) is 73.8 Å². The number of hydrogen-bond donors (Lipinski definition) is 2. The van der Waals surface area contributed by atoms with E-state index >= 15 is 0 Å². The lowest BCUT2D eigenvalue weighted by molar-refractivity contribution is -0.386. The summed E-state index contributed by atoms with van der Waals surface area (Å²) in [4.78, 5) is 44.4. The number of halogens is 1. The van der Waals surface area contributed by atoms with E-state index in [2.05, 4.69) is 20.6 Å². The molecule has 0 saturated heterocycles. The number of anilines is 2. The number of esters is 2. The highest BCUT2D eigenvalue weighted by atomic mass is 35.5. The molecule has 2 N–H and O–H groups in total. The maximum Gasteiger partial charge on any atom is 0.340 e. The van der Waals surface area contributed by atoms with E-state index in [0.29, 0.717) is 28.1 Å². The molecule has 0 bridgehead atoms. The number of carbonyl (C=O) groups excluding carboxylic acids is 2. The number of nitrogens with zero attached hydrogens (tertiary/aromatic N) is 3. The second-order valence-electron chi connectivity index (χ2n) is 8.24. The first-order chi connectivity index (χ1) is 18.1. The number of carbonyl (C=O) groups is 2. The largest absolute Gasteiger partial charge is 0.462 e. The van der Waals surface area contributed by atoms with Gasteiger partial charge in [-0.2, -0.15) is 0 Å². The third-order valence-electron chi connectivity index (χ3n) is 5.54. The van der Waals surface area contributed by atoms with E-state index in [1.165, 1.54) is 0 Å². The Bertz CT molecular complexity index is 1400. The molecular formula is C26H28ClN5O6. The summed E-state index contributed by atoms with van der Waals surface area (Å²) in [7, 11) is 1.68. The van der Waals surface area contributed by atoms with Crippen LogP contribution >= 0.6 is 11.6 Å². The molecule has 200 valence electrons. The van der Waals surface area contributed by atoms with E-state index in [1.54, 1.807) is 33.0 Å². The van der Waals surface area contributed by atoms with Crippen molar-refractivity contribution >= 4 is 40.6 Å². The van der Waals surface area contributed by atoms with Gasteiger partial charge in [0.05, 0.1) is 47.2 Å². The first kappa shape index (κ1) is 28.3. The van der Waals surface area contributed by atoms with E-state index in [9.17, 15) is 19.7 Å². The highest BCUT2D eigenvalue weighted by Gasteiger charge is 2.25. The van der Waals surface area contributed by atoms with Crippen molar-refractivity contribution in [2.75, 3.05) is 30.9 Å². The van der Waals surface area contributed by atoms with E-state index in [0.717, 1.165) is 17.3 Å². The molecule has 3 rings (SSSR count). The van der Waals surface area contributed by atoms with Crippen molar-refractivity contribution in [2.24, 2.45) is 0 Å². The van der Waals surface area contributed by atoms with Crippen molar-refractivity contribution in [1.82, 2.24) is 9.97 Å². The number of hydrogen-bond acceptors (Lipinski definition) is 10. The summed E-state index contributed by atoms with van der Waals surface area (Å²) in [5.74, 6) is -1.08. The summed E-state index contributed by atoms with van der Waals surface area (Å²) >= 11 is 5.91. The lowest BCUT2D eigenvalue weighted by atomic mass is 9.92. The molecule has 38 heavy (non-hydrogen) atoms. The van der Waals surface area contributed by atoms with Crippen LogP contribution in [0.25, 0.3) is 11.1 Å². The minimum Gasteiger partial charge on any atom is -0.462 e. The van der Waals surface area contributed by atoms with Crippen molar-refractivity contribution in [1.29, 1.82) is 0 Å². The minimum atomic E-state index is -0.610. The molecule has 0 atom stereocenters. The minimum absolute atomic E-state index is 0.0293. The average molecular weight is 542 g/mol. The third kappa shape index (κ3) is 6.17. The molecular weight excluding hydrogens is 514 g/mol. The Balaban J connectivity index is 2.27. The zero-order valence-corrected chi connectivity index (χ0v) is 22.4. The summed E-state index contributed by atoms with van der Waals surface area (Å²) in [6.07, 6.45) is 1.03. The SMILES string of the molecule is CCOC(=O)c1cc(C)cc(-c2cc(C)cc(C(=O)OCC)c2NCc2nc(Cl)ncc2[N+](=O)[O-])c1NC. The number of ether oxygens (including phenoxy) is 2. The van der Waals surface area contributed by atoms with Gasteiger partial charge in [0.2, 0.25) is 5.28 Å². The van der Waals surface area contributed by atoms with Crippen LogP contribution in [0.1, 0.15) is 51.4 Å². The maximum atomic E-state index is 13.0. The Hall–Kier alpha value is -4.25. The van der Waals surface area contributed by atoms with Gasteiger partial charge in [-0.1, -0.05) is 0 Å². The molecule has 0 saturated carbocycles. The van der Waals surface area contributed by atoms with E-state index in [1.807, 2.05) is 26.0 Å². The standard InChI is InChI=1S/C26H28ClN5O6/c1-6-37-24(33)18-10-14(3)8-16(22(18)28-5)17-9-15(4)11-19(25(34)38-7-2)23(17)29-12-20-21(32(35)36)13-30-26(27)31-20/h8-11,13,28-29H,6-7,12H2,1-5H3. The van der Waals surface area contributed by atoms with E-state index in [4.69, 9.17) is 21.1 Å². The van der Waals surface area contributed by atoms with Crippen LogP contribution < -0.4 is 10.6 Å². The fourth-order valence-corrected chi connectivity index (χ4v) is 4.19. The van der Waals surface area contributed by atoms with Crippen LogP contribution in [0.15, 0.2) is 30.5 Å². The topological polar surface area (TPSA) is 146 Å². The normalized spacial score (nSPS) is 10.6. The van der Waals surface area contributed by atoms with Crippen molar-refractivity contribution < 1.29 is 24.0 Å². The maximum absolute atomic E-state index is 13.0. The van der Waals surface area contributed by atoms with Crippen molar-refractivity contribution in [3.63, 3.8) is 0 Å². The summed E-state index contributed by atoms with van der Waals surface area (Å²) < 4.78 is 10.6. The smallest absolute Gasteiger partial charge is 0.340 e. The van der Waals surface area contributed by atoms with Gasteiger partial charge >= 0.3 is 17.6 Å². The second-order valence-corrected chi connectivity index (χ2v) is 8.58. The van der Waals surface area contributed by atoms with Gasteiger partial charge in [-0.3, -0.25) is 10.1 Å². The summed E-state index contributed by atoms with van der Waals surface area (Å²) in [5, 5.41) is 17.6. The number of rotatable bonds is 10. The highest BCUT2D eigenvalue weighted by Crippen LogP contribution is 2.40. The van der Waals surface area contributed by atoms with Crippen LogP contribution in [0.3, 0.4) is 0 Å². The van der Waals surface area contributed by atoms with Gasteiger partial charge in [-0.15, -0.1) is 0 Å². The Morgan fingerprint density at radius 2 is 1.50 bits per heavy atom. The monoisotopic (exact) mass is 541 g/mol. The average Bonchev–Trinajstić information content (AvgIpc) is 2.87. The van der Waals surface area contributed by atoms with Crippen molar-refractivity contribution in [2.45, 2.75) is 34.2 Å². The van der Waals surface area contributed by atoms with Crippen LogP contribution in [0.4, 0.5) is 17.1 Å². The predicted molar refractivity (Wildman–Crippen MR) is 144 cm³/mol. The number of nitro groups is 1. The number of aromatic nitrogens is 2. The molecule has 0 aliphatic carbocycles. The molecule has 1 heterocycles. The fraction of sp³-hybridized carbons (Fsp3) is 0.308. The second kappa shape index (κ2) is 12.3. The summed E-state index contributed by atoms with van der Waals surface area (Å²) in [6, 6.07) is 7.09. The zero-order chi connectivity index (χ0) is 28.0. The molecule has 0 unspecified atom stereocenters. The number of aryl methyl sites for hydroxylation is 2. The lowest BCUT2D eigenvalue weighted by Crippen LogP contribution is -2.14. The van der Waals surface area contributed by atoms with E-state index < -0.39 is 16.9 Å². The van der Waals surface area contributed by atoms with Crippen LogP contribution in [0, 0.1) is 24.0 Å². The zero-order valence-electron chi connectivity index (χ0n) is 21.7. The molecule has 0 aliphatic heterocycles. The molecule has 1 aromatic heterocycles. The Kier molecular flexibility index (Phi) is 9.19. The van der Waals surface area contributed by atoms with Crippen LogP contribution in [-0.2, 0) is 16.0 Å². The number of nitrogens with one attached hydrogen (secondary N) is 2. The van der Waals surface area contributed by atoms with Gasteiger partial charge in [-0.05, 0) is 74.7 Å². The molecule has 0 fully saturated rings. The summed E-state index contributed by atoms with van der Waals surface area (Å²) in [5.41, 5.74) is 3.79. The van der Waals surface area contributed by atoms with E-state index in [-0.39, 0.29) is 42.0 Å². The molecule has 0 radical (unpaired) electrons. The third-order valence-corrected chi connectivity index (χ3v) is 5.72. The Morgan fingerprint density at radius 3 is 2.00 bits per heavy atom. The molecule has 0 amide bonds. The summed E-state index contributed by atoms with van der Waals surface area (Å²) in [6.45, 7) is 7.29. The first-order valence-electron chi connectivity index (χ1n) is 11.8. The van der Waals surface area contributed by atoms with Crippen LogP contribution in [0.5, 0.6) is 0 Å². The Morgan fingerprint density at radius 1 is 0.974 bits per heavy atom. The van der Waals surface area contributed by atoms with Gasteiger partial charge in [0.15, 0.2) is 0 Å². The van der Waals surface area contributed by atoms with Gasteiger partial charge < -0.3 is 20.1 Å². The van der Waals surface area contributed by atoms with Crippen LogP contribution in [-0.4, -0.2) is 47.1 Å². The molecule has 2 aromatic carbocycles. The van der Waals surface area contributed by atoms with Crippen molar-refractivity contribution in [3.8, 4) is 11.1 Å². The lowest BCUT2D eigenvalue weighted by Gasteiger charge is -2.21. The first-order valence-corrected chi connectivity index (χ1v) is 12.2. The fourth-order valence-electron chi connectivity index (χ4n) is 4.04. The highest BCUT2D eigenvalue weighted by molar-refractivity contribution is 6.28. The van der Waals surface area contributed by atoms with Gasteiger partial charge in [0, 0.05) is 18.2 Å². The van der Waals surface area contributed by atoms with Gasteiger partial charge in [0.25, 0.3) is 0 Å². The van der Waals surface area contributed by atoms with Gasteiger partial charge in [-0.25, -0.2) is 19.6 Å². The molecule has 11 nitrogen and oxygen atoms in total. The predicted octanol–water partition coefficient (Wildman–Crippen LogP) is 5.33. The molecule has 3 aromatic rings. The van der Waals surface area contributed by atoms with Gasteiger partial charge in [0.1, 0.15) is 11.9 Å². The molecule has 0 spiro atoms. The quantitative estimate of drug-likeness (QED) is 0.149. The molecule has 12 heteroatoms. The Labute approximate surface area is 224 Å².